The van der Waals surface area contributed by atoms with Crippen LogP contribution < -0.4 is 5.32 Å². The van der Waals surface area contributed by atoms with Gasteiger partial charge in [-0.3, -0.25) is 0 Å². The first-order valence-electron chi connectivity index (χ1n) is 5.00. The van der Waals surface area contributed by atoms with E-state index in [9.17, 15) is 0 Å². The van der Waals surface area contributed by atoms with Gasteiger partial charge in [0.25, 0.3) is 0 Å². The van der Waals surface area contributed by atoms with E-state index in [0.29, 0.717) is 5.92 Å². The highest BCUT2D eigenvalue weighted by molar-refractivity contribution is 7.09. The predicted molar refractivity (Wildman–Crippen MR) is 63.0 cm³/mol. The van der Waals surface area contributed by atoms with Crippen LogP contribution >= 0.6 is 11.3 Å². The summed E-state index contributed by atoms with van der Waals surface area (Å²) in [5, 5.41) is 6.66. The predicted octanol–water partition coefficient (Wildman–Crippen LogP) is 2.58. The van der Waals surface area contributed by atoms with Crippen molar-refractivity contribution >= 4 is 11.3 Å². The van der Waals surface area contributed by atoms with Crippen LogP contribution in [0.4, 0.5) is 0 Å². The van der Waals surface area contributed by atoms with Crippen LogP contribution in [0.5, 0.6) is 0 Å². The van der Waals surface area contributed by atoms with Crippen LogP contribution in [0.2, 0.25) is 0 Å². The third kappa shape index (κ3) is 3.60. The molecule has 0 spiro atoms. The molecule has 1 rings (SSSR count). The van der Waals surface area contributed by atoms with Gasteiger partial charge in [0.15, 0.2) is 0 Å². The lowest BCUT2D eigenvalue weighted by atomic mass is 10.2. The lowest BCUT2D eigenvalue weighted by Gasteiger charge is -1.99. The molecule has 3 heteroatoms. The van der Waals surface area contributed by atoms with Crippen LogP contribution in [-0.2, 0) is 6.42 Å². The third-order valence-electron chi connectivity index (χ3n) is 1.97. The largest absolute Gasteiger partial charge is 0.313 e. The number of rotatable bonds is 6. The van der Waals surface area contributed by atoms with E-state index in [0.717, 1.165) is 19.5 Å². The van der Waals surface area contributed by atoms with Gasteiger partial charge in [0, 0.05) is 24.9 Å². The van der Waals surface area contributed by atoms with E-state index in [-0.39, 0.29) is 0 Å². The minimum Gasteiger partial charge on any atom is -0.313 e. The van der Waals surface area contributed by atoms with Crippen molar-refractivity contribution in [3.05, 3.63) is 28.7 Å². The number of nitrogens with zero attached hydrogens (tertiary/aromatic N) is 1. The van der Waals surface area contributed by atoms with Gasteiger partial charge in [-0.25, -0.2) is 4.98 Å². The molecule has 0 unspecified atom stereocenters. The van der Waals surface area contributed by atoms with Crippen molar-refractivity contribution in [3.8, 4) is 0 Å². The van der Waals surface area contributed by atoms with Crippen LogP contribution in [0.1, 0.15) is 30.5 Å². The molecule has 0 aliphatic heterocycles. The lowest BCUT2D eigenvalue weighted by molar-refractivity contribution is 0.735. The maximum Gasteiger partial charge on any atom is 0.0941 e. The van der Waals surface area contributed by atoms with E-state index in [4.69, 9.17) is 0 Å². The van der Waals surface area contributed by atoms with Gasteiger partial charge in [-0.05, 0) is 5.92 Å². The summed E-state index contributed by atoms with van der Waals surface area (Å²) < 4.78 is 0. The Morgan fingerprint density at radius 1 is 1.64 bits per heavy atom. The molecule has 0 aromatic carbocycles. The Kier molecular flexibility index (Phi) is 4.84. The summed E-state index contributed by atoms with van der Waals surface area (Å²) >= 11 is 1.76. The van der Waals surface area contributed by atoms with Gasteiger partial charge in [0.1, 0.15) is 0 Å². The second-order valence-electron chi connectivity index (χ2n) is 3.56. The Bertz CT molecular complexity index is 279. The fraction of sp³-hybridized carbons (Fsp3) is 0.545. The molecule has 0 saturated carbocycles. The van der Waals surface area contributed by atoms with E-state index in [1.54, 1.807) is 11.3 Å². The molecule has 0 saturated heterocycles. The molecule has 2 nitrogen and oxygen atoms in total. The van der Waals surface area contributed by atoms with Gasteiger partial charge < -0.3 is 5.32 Å². The molecule has 14 heavy (non-hydrogen) atoms. The van der Waals surface area contributed by atoms with Crippen LogP contribution in [0.25, 0.3) is 0 Å². The minimum absolute atomic E-state index is 0.543. The number of thiazole rings is 1. The zero-order chi connectivity index (χ0) is 10.4. The molecule has 0 bridgehead atoms. The summed E-state index contributed by atoms with van der Waals surface area (Å²) in [6.45, 7) is 9.87. The van der Waals surface area contributed by atoms with Gasteiger partial charge >= 0.3 is 0 Å². The average Bonchev–Trinajstić information content (AvgIpc) is 2.61. The minimum atomic E-state index is 0.543. The molecule has 0 fully saturated rings. The van der Waals surface area contributed by atoms with E-state index in [1.165, 1.54) is 10.7 Å². The molecule has 0 aliphatic carbocycles. The van der Waals surface area contributed by atoms with E-state index in [1.807, 2.05) is 6.08 Å². The summed E-state index contributed by atoms with van der Waals surface area (Å²) in [4.78, 5) is 4.56. The maximum atomic E-state index is 4.56. The third-order valence-corrected chi connectivity index (χ3v) is 2.89. The summed E-state index contributed by atoms with van der Waals surface area (Å²) in [6.07, 6.45) is 2.90. The number of nitrogens with one attached hydrogen (secondary N) is 1. The fourth-order valence-electron chi connectivity index (χ4n) is 1.10. The Labute approximate surface area is 90.1 Å². The van der Waals surface area contributed by atoms with Crippen molar-refractivity contribution in [3.63, 3.8) is 0 Å². The summed E-state index contributed by atoms with van der Waals surface area (Å²) in [5.41, 5.74) is 1.22. The topological polar surface area (TPSA) is 24.9 Å². The number of aromatic nitrogens is 1. The Morgan fingerprint density at radius 2 is 2.43 bits per heavy atom. The Balaban J connectivity index is 2.32. The zero-order valence-electron chi connectivity index (χ0n) is 8.92. The molecule has 78 valence electrons. The molecule has 1 heterocycles. The Hall–Kier alpha value is -0.670. The zero-order valence-corrected chi connectivity index (χ0v) is 9.73. The summed E-state index contributed by atoms with van der Waals surface area (Å²) in [6, 6.07) is 0. The highest BCUT2D eigenvalue weighted by atomic mass is 32.1. The molecular weight excluding hydrogens is 192 g/mol. The van der Waals surface area contributed by atoms with Gasteiger partial charge in [0.2, 0.25) is 0 Å². The molecule has 0 radical (unpaired) electrons. The summed E-state index contributed by atoms with van der Waals surface area (Å²) in [5.74, 6) is 0.543. The Morgan fingerprint density at radius 3 is 3.00 bits per heavy atom. The van der Waals surface area contributed by atoms with Gasteiger partial charge in [-0.1, -0.05) is 19.9 Å². The second kappa shape index (κ2) is 5.94. The van der Waals surface area contributed by atoms with Crippen LogP contribution in [-0.4, -0.2) is 18.1 Å². The van der Waals surface area contributed by atoms with Gasteiger partial charge in [-0.15, -0.1) is 17.9 Å². The van der Waals surface area contributed by atoms with E-state index in [2.05, 4.69) is 36.1 Å². The standard InChI is InChI=1S/C11H18N2S/c1-4-6-12-7-5-11-13-10(8-14-11)9(2)3/h4,8-9,12H,1,5-7H2,2-3H3. The normalized spacial score (nSPS) is 10.8. The fourth-order valence-corrected chi connectivity index (χ4v) is 2.06. The highest BCUT2D eigenvalue weighted by Crippen LogP contribution is 2.17. The lowest BCUT2D eigenvalue weighted by Crippen LogP contribution is -2.16. The number of hydrogen-bond donors (Lipinski definition) is 1. The molecule has 1 aromatic heterocycles. The van der Waals surface area contributed by atoms with Crippen molar-refractivity contribution in [2.45, 2.75) is 26.2 Å². The molecular formula is C11H18N2S. The molecule has 1 aromatic rings. The maximum absolute atomic E-state index is 4.56. The molecule has 0 aliphatic rings. The second-order valence-corrected chi connectivity index (χ2v) is 4.51. The van der Waals surface area contributed by atoms with Gasteiger partial charge in [0.05, 0.1) is 10.7 Å². The van der Waals surface area contributed by atoms with E-state index >= 15 is 0 Å². The quantitative estimate of drug-likeness (QED) is 0.576. The summed E-state index contributed by atoms with van der Waals surface area (Å²) in [7, 11) is 0. The number of hydrogen-bond acceptors (Lipinski definition) is 3. The van der Waals surface area contributed by atoms with Crippen molar-refractivity contribution in [1.82, 2.24) is 10.3 Å². The first-order chi connectivity index (χ1) is 6.74. The van der Waals surface area contributed by atoms with Crippen LogP contribution in [0.3, 0.4) is 0 Å². The monoisotopic (exact) mass is 210 g/mol. The average molecular weight is 210 g/mol. The molecule has 0 amide bonds. The van der Waals surface area contributed by atoms with Crippen LogP contribution in [0.15, 0.2) is 18.0 Å². The van der Waals surface area contributed by atoms with Crippen molar-refractivity contribution in [1.29, 1.82) is 0 Å². The first kappa shape index (κ1) is 11.4. The van der Waals surface area contributed by atoms with E-state index < -0.39 is 0 Å². The van der Waals surface area contributed by atoms with Gasteiger partial charge in [-0.2, -0.15) is 0 Å². The first-order valence-corrected chi connectivity index (χ1v) is 5.88. The highest BCUT2D eigenvalue weighted by Gasteiger charge is 2.04. The molecule has 0 atom stereocenters. The van der Waals surface area contributed by atoms with Crippen molar-refractivity contribution in [2.75, 3.05) is 13.1 Å². The van der Waals surface area contributed by atoms with Crippen LogP contribution in [0, 0.1) is 0 Å². The SMILES string of the molecule is C=CCNCCc1nc(C(C)C)cs1. The van der Waals surface area contributed by atoms with Crippen molar-refractivity contribution < 1.29 is 0 Å². The molecule has 1 N–H and O–H groups in total. The van der Waals surface area contributed by atoms with Crippen molar-refractivity contribution in [2.24, 2.45) is 0 Å². The smallest absolute Gasteiger partial charge is 0.0941 e.